The lowest BCUT2D eigenvalue weighted by Crippen LogP contribution is -2.63. The average Bonchev–Trinajstić information content (AvgIpc) is 3.28. The van der Waals surface area contributed by atoms with Crippen molar-refractivity contribution in [1.82, 2.24) is 0 Å². The van der Waals surface area contributed by atoms with Crippen LogP contribution in [-0.2, 0) is 14.3 Å². The molecule has 0 aromatic carbocycles. The van der Waals surface area contributed by atoms with E-state index in [-0.39, 0.29) is 30.2 Å². The van der Waals surface area contributed by atoms with Crippen molar-refractivity contribution in [2.45, 2.75) is 70.9 Å². The number of ether oxygens (including phenoxy) is 2. The summed E-state index contributed by atoms with van der Waals surface area (Å²) in [6.45, 7) is 5.82. The third-order valence-electron chi connectivity index (χ3n) is 7.40. The van der Waals surface area contributed by atoms with Gasteiger partial charge in [-0.2, -0.15) is 0 Å². The van der Waals surface area contributed by atoms with Crippen LogP contribution in [-0.4, -0.2) is 47.2 Å². The first-order valence-corrected chi connectivity index (χ1v) is 8.61. The van der Waals surface area contributed by atoms with Crippen LogP contribution in [0.1, 0.15) is 46.5 Å². The molecule has 0 aromatic rings. The highest BCUT2D eigenvalue weighted by Crippen LogP contribution is 2.78. The Hall–Kier alpha value is -0.910. The number of allylic oxidation sites excluding steroid dienone is 1. The number of fused-ring (bicyclic) bond motifs is 2. The van der Waals surface area contributed by atoms with E-state index in [1.165, 1.54) is 12.5 Å². The zero-order valence-electron chi connectivity index (χ0n) is 14.0. The van der Waals surface area contributed by atoms with Crippen molar-refractivity contribution in [3.05, 3.63) is 11.6 Å². The summed E-state index contributed by atoms with van der Waals surface area (Å²) in [6.07, 6.45) is 3.49. The molecule has 3 aliphatic carbocycles. The van der Waals surface area contributed by atoms with Crippen molar-refractivity contribution in [1.29, 1.82) is 0 Å². The molecule has 2 N–H and O–H groups in total. The number of rotatable bonds is 2. The van der Waals surface area contributed by atoms with Crippen molar-refractivity contribution < 1.29 is 24.5 Å². The first kappa shape index (κ1) is 15.6. The predicted octanol–water partition coefficient (Wildman–Crippen LogP) is 1.57. The van der Waals surface area contributed by atoms with E-state index in [0.29, 0.717) is 0 Å². The highest BCUT2D eigenvalue weighted by Gasteiger charge is 2.82. The molecule has 0 amide bonds. The molecule has 1 heterocycles. The normalized spacial score (nSPS) is 49.5. The minimum absolute atomic E-state index is 0.179. The van der Waals surface area contributed by atoms with E-state index in [1.54, 1.807) is 0 Å². The van der Waals surface area contributed by atoms with Crippen molar-refractivity contribution in [3.8, 4) is 0 Å². The molecule has 1 aliphatic heterocycles. The summed E-state index contributed by atoms with van der Waals surface area (Å²) in [5.74, 6) is -0.312. The van der Waals surface area contributed by atoms with Gasteiger partial charge in [0.1, 0.15) is 12.7 Å². The maximum atomic E-state index is 11.5. The molecule has 5 heteroatoms. The summed E-state index contributed by atoms with van der Waals surface area (Å²) in [6, 6.07) is 0. The number of hydrogen-bond acceptors (Lipinski definition) is 5. The van der Waals surface area contributed by atoms with Gasteiger partial charge in [0, 0.05) is 23.2 Å². The highest BCUT2D eigenvalue weighted by molar-refractivity contribution is 5.66. The van der Waals surface area contributed by atoms with Crippen molar-refractivity contribution in [2.24, 2.45) is 16.2 Å². The lowest BCUT2D eigenvalue weighted by molar-refractivity contribution is -0.234. The van der Waals surface area contributed by atoms with Crippen LogP contribution in [0.2, 0.25) is 0 Å². The number of esters is 1. The summed E-state index contributed by atoms with van der Waals surface area (Å²) in [4.78, 5) is 11.5. The van der Waals surface area contributed by atoms with E-state index in [1.807, 2.05) is 0 Å². The summed E-state index contributed by atoms with van der Waals surface area (Å²) in [7, 11) is 0. The molecular weight excluding hydrogens is 296 g/mol. The van der Waals surface area contributed by atoms with Gasteiger partial charge in [0.25, 0.3) is 0 Å². The number of carbonyl (C=O) groups is 1. The quantitative estimate of drug-likeness (QED) is 0.596. The molecule has 0 aromatic heterocycles. The largest absolute Gasteiger partial charge is 0.465 e. The Labute approximate surface area is 136 Å². The van der Waals surface area contributed by atoms with Gasteiger partial charge in [-0.1, -0.05) is 18.6 Å². The van der Waals surface area contributed by atoms with Gasteiger partial charge in [-0.25, -0.2) is 0 Å². The van der Waals surface area contributed by atoms with Gasteiger partial charge in [-0.15, -0.1) is 0 Å². The van der Waals surface area contributed by atoms with Gasteiger partial charge in [0.05, 0.1) is 18.3 Å². The second-order valence-electron chi connectivity index (χ2n) is 8.22. The van der Waals surface area contributed by atoms with Crippen LogP contribution in [0.3, 0.4) is 0 Å². The zero-order valence-corrected chi connectivity index (χ0v) is 14.0. The fraction of sp³-hybridized carbons (Fsp3) is 0.833. The average molecular weight is 322 g/mol. The number of hydrogen-bond donors (Lipinski definition) is 2. The van der Waals surface area contributed by atoms with Gasteiger partial charge in [0.2, 0.25) is 0 Å². The monoisotopic (exact) mass is 322 g/mol. The van der Waals surface area contributed by atoms with Gasteiger partial charge in [-0.3, -0.25) is 4.79 Å². The Morgan fingerprint density at radius 3 is 2.70 bits per heavy atom. The van der Waals surface area contributed by atoms with E-state index in [0.717, 1.165) is 25.7 Å². The van der Waals surface area contributed by atoms with E-state index in [4.69, 9.17) is 9.47 Å². The van der Waals surface area contributed by atoms with Crippen LogP contribution in [0.15, 0.2) is 11.6 Å². The Kier molecular flexibility index (Phi) is 3.11. The number of aliphatic hydroxyl groups excluding tert-OH is 2. The molecule has 0 unspecified atom stereocenters. The summed E-state index contributed by atoms with van der Waals surface area (Å²) < 4.78 is 11.8. The SMILES string of the molecule is CC(=O)OC[C@]12CCC(C)=C[C@@H]1O[C@H]1[C@H](O)[C@@H](O)[C@]2(C)C12CC2. The fourth-order valence-corrected chi connectivity index (χ4v) is 5.84. The molecule has 1 saturated heterocycles. The highest BCUT2D eigenvalue weighted by atomic mass is 16.5. The number of carbonyl (C=O) groups excluding carboxylic acids is 1. The van der Waals surface area contributed by atoms with Gasteiger partial charge >= 0.3 is 5.97 Å². The third kappa shape index (κ3) is 1.66. The summed E-state index contributed by atoms with van der Waals surface area (Å²) in [5.41, 5.74) is 0.107. The lowest BCUT2D eigenvalue weighted by Gasteiger charge is -2.59. The molecule has 5 nitrogen and oxygen atoms in total. The minimum atomic E-state index is -0.865. The van der Waals surface area contributed by atoms with E-state index >= 15 is 0 Å². The molecule has 23 heavy (non-hydrogen) atoms. The van der Waals surface area contributed by atoms with Crippen LogP contribution >= 0.6 is 0 Å². The topological polar surface area (TPSA) is 76.0 Å². The molecule has 6 atom stereocenters. The molecule has 2 saturated carbocycles. The van der Waals surface area contributed by atoms with E-state index < -0.39 is 23.0 Å². The lowest BCUT2D eigenvalue weighted by atomic mass is 9.50. The molecule has 2 bridgehead atoms. The molecule has 4 rings (SSSR count). The van der Waals surface area contributed by atoms with Crippen molar-refractivity contribution >= 4 is 5.97 Å². The van der Waals surface area contributed by atoms with Gasteiger partial charge in [0.15, 0.2) is 0 Å². The van der Waals surface area contributed by atoms with Crippen molar-refractivity contribution in [2.75, 3.05) is 6.61 Å². The molecule has 0 radical (unpaired) electrons. The minimum Gasteiger partial charge on any atom is -0.465 e. The predicted molar refractivity (Wildman–Crippen MR) is 82.5 cm³/mol. The molecule has 4 aliphatic rings. The number of aliphatic hydroxyl groups is 2. The van der Waals surface area contributed by atoms with E-state index in [2.05, 4.69) is 19.9 Å². The summed E-state index contributed by atoms with van der Waals surface area (Å²) >= 11 is 0. The van der Waals surface area contributed by atoms with Gasteiger partial charge < -0.3 is 19.7 Å². The standard InChI is InChI=1S/C18H26O5/c1-10-4-5-18(9-22-11(2)19)12(8-10)23-15-13(20)14(21)16(18,3)17(15)6-7-17/h8,12-15,20-21H,4-7,9H2,1-3H3/t12-,13+,14+,15-,16+,18+/m0/s1. The molecule has 128 valence electrons. The second kappa shape index (κ2) is 4.58. The maximum absolute atomic E-state index is 11.5. The maximum Gasteiger partial charge on any atom is 0.302 e. The fourth-order valence-electron chi connectivity index (χ4n) is 5.84. The Balaban J connectivity index is 1.85. The Bertz CT molecular complexity index is 580. The molecular formula is C18H26O5. The van der Waals surface area contributed by atoms with Crippen LogP contribution in [0.4, 0.5) is 0 Å². The molecule has 1 spiro atoms. The Morgan fingerprint density at radius 2 is 2.09 bits per heavy atom. The van der Waals surface area contributed by atoms with E-state index in [9.17, 15) is 15.0 Å². The van der Waals surface area contributed by atoms with Crippen LogP contribution < -0.4 is 0 Å². The van der Waals surface area contributed by atoms with Crippen molar-refractivity contribution in [3.63, 3.8) is 0 Å². The van der Waals surface area contributed by atoms with Crippen LogP contribution in [0.25, 0.3) is 0 Å². The van der Waals surface area contributed by atoms with Crippen LogP contribution in [0.5, 0.6) is 0 Å². The summed E-state index contributed by atoms with van der Waals surface area (Å²) in [5, 5.41) is 21.6. The second-order valence-corrected chi connectivity index (χ2v) is 8.22. The first-order valence-electron chi connectivity index (χ1n) is 8.61. The zero-order chi connectivity index (χ0) is 16.6. The molecule has 3 fully saturated rings. The Morgan fingerprint density at radius 1 is 1.39 bits per heavy atom. The van der Waals surface area contributed by atoms with Crippen LogP contribution in [0, 0.1) is 16.2 Å². The smallest absolute Gasteiger partial charge is 0.302 e. The van der Waals surface area contributed by atoms with Gasteiger partial charge in [-0.05, 0) is 32.6 Å². The third-order valence-corrected chi connectivity index (χ3v) is 7.40. The first-order chi connectivity index (χ1) is 10.8.